The van der Waals surface area contributed by atoms with Gasteiger partial charge in [0.05, 0.1) is 28.1 Å². The van der Waals surface area contributed by atoms with Gasteiger partial charge < -0.3 is 13.9 Å². The molecule has 4 heteroatoms. The number of benzene rings is 8. The Hall–Kier alpha value is -6.62. The van der Waals surface area contributed by atoms with Crippen LogP contribution in [0.2, 0.25) is 0 Å². The van der Waals surface area contributed by atoms with Crippen molar-refractivity contribution in [3.05, 3.63) is 182 Å². The van der Waals surface area contributed by atoms with Gasteiger partial charge in [-0.25, -0.2) is 0 Å². The van der Waals surface area contributed by atoms with Gasteiger partial charge in [-0.3, -0.25) is 0 Å². The summed E-state index contributed by atoms with van der Waals surface area (Å²) in [5, 5.41) is 7.17. The zero-order chi connectivity index (χ0) is 34.2. The summed E-state index contributed by atoms with van der Waals surface area (Å²) in [5.74, 6) is 0. The maximum atomic E-state index is 6.79. The fraction of sp³-hybridized carbons (Fsp3) is 0. The number of anilines is 3. The fourth-order valence-electron chi connectivity index (χ4n) is 8.20. The van der Waals surface area contributed by atoms with E-state index in [0.29, 0.717) is 0 Å². The number of fused-ring (bicyclic) bond motifs is 9. The van der Waals surface area contributed by atoms with Gasteiger partial charge in [0.25, 0.3) is 0 Å². The summed E-state index contributed by atoms with van der Waals surface area (Å²) in [4.78, 5) is 2.44. The minimum atomic E-state index is 0.863. The van der Waals surface area contributed by atoms with E-state index in [2.05, 4.69) is 185 Å². The lowest BCUT2D eigenvalue weighted by Crippen LogP contribution is -2.12. The maximum Gasteiger partial charge on any atom is 0.159 e. The molecule has 0 aliphatic carbocycles. The fourth-order valence-corrected chi connectivity index (χ4v) is 9.43. The number of para-hydroxylation sites is 5. The normalized spacial score (nSPS) is 11.8. The van der Waals surface area contributed by atoms with Crippen molar-refractivity contribution >= 4 is 92.3 Å². The van der Waals surface area contributed by atoms with Crippen molar-refractivity contribution in [3.63, 3.8) is 0 Å². The van der Waals surface area contributed by atoms with Crippen LogP contribution in [0.4, 0.5) is 17.1 Å². The average Bonchev–Trinajstić information content (AvgIpc) is 3.89. The first-order valence-electron chi connectivity index (χ1n) is 17.6. The molecule has 0 saturated carbocycles. The van der Waals surface area contributed by atoms with E-state index >= 15 is 0 Å². The molecule has 11 aromatic rings. The number of thiophene rings is 1. The molecule has 3 heterocycles. The Bertz CT molecular complexity index is 3150. The topological polar surface area (TPSA) is 21.3 Å². The largest absolute Gasteiger partial charge is 0.454 e. The Morgan fingerprint density at radius 2 is 1.04 bits per heavy atom. The Morgan fingerprint density at radius 1 is 0.423 bits per heavy atom. The van der Waals surface area contributed by atoms with Crippen molar-refractivity contribution in [1.82, 2.24) is 4.57 Å². The number of nitrogens with zero attached hydrogens (tertiary/aromatic N) is 2. The molecule has 0 fully saturated rings. The molecule has 3 aromatic heterocycles. The molecule has 0 spiro atoms. The number of hydrogen-bond acceptors (Lipinski definition) is 3. The van der Waals surface area contributed by atoms with Crippen molar-refractivity contribution in [3.8, 4) is 16.8 Å². The Balaban J connectivity index is 1.27. The molecule has 0 aliphatic rings. The van der Waals surface area contributed by atoms with Gasteiger partial charge in [-0.2, -0.15) is 0 Å². The van der Waals surface area contributed by atoms with Gasteiger partial charge in [-0.15, -0.1) is 11.3 Å². The van der Waals surface area contributed by atoms with E-state index in [-0.39, 0.29) is 0 Å². The van der Waals surface area contributed by atoms with Crippen LogP contribution in [0.3, 0.4) is 0 Å². The number of rotatable bonds is 5. The predicted octanol–water partition coefficient (Wildman–Crippen LogP) is 14.2. The SMILES string of the molecule is c1ccc(-n2c3ccccc3c3c(N(c4ccccc4-c4cccc5c4sc4ccccc45)c4cccc5c4oc4ccccc45)cccc32)cc1. The quantitative estimate of drug-likeness (QED) is 0.180. The Morgan fingerprint density at radius 3 is 1.96 bits per heavy atom. The molecule has 52 heavy (non-hydrogen) atoms. The van der Waals surface area contributed by atoms with Crippen LogP contribution in [-0.2, 0) is 0 Å². The number of hydrogen-bond donors (Lipinski definition) is 0. The molecule has 8 aromatic carbocycles. The highest BCUT2D eigenvalue weighted by Gasteiger charge is 2.26. The van der Waals surface area contributed by atoms with E-state index in [4.69, 9.17) is 4.42 Å². The summed E-state index contributed by atoms with van der Waals surface area (Å²) < 4.78 is 11.8. The van der Waals surface area contributed by atoms with Crippen molar-refractivity contribution in [1.29, 1.82) is 0 Å². The van der Waals surface area contributed by atoms with Crippen molar-refractivity contribution in [2.45, 2.75) is 0 Å². The third kappa shape index (κ3) is 4.25. The maximum absolute atomic E-state index is 6.79. The van der Waals surface area contributed by atoms with Gasteiger partial charge in [0.15, 0.2) is 5.58 Å². The molecule has 0 saturated heterocycles. The highest BCUT2D eigenvalue weighted by atomic mass is 32.1. The molecule has 3 nitrogen and oxygen atoms in total. The zero-order valence-electron chi connectivity index (χ0n) is 28.0. The third-order valence-electron chi connectivity index (χ3n) is 10.4. The van der Waals surface area contributed by atoms with Crippen molar-refractivity contribution in [2.24, 2.45) is 0 Å². The van der Waals surface area contributed by atoms with Crippen LogP contribution in [-0.4, -0.2) is 4.57 Å². The smallest absolute Gasteiger partial charge is 0.159 e. The van der Waals surface area contributed by atoms with E-state index in [1.54, 1.807) is 0 Å². The van der Waals surface area contributed by atoms with Crippen molar-refractivity contribution < 1.29 is 4.42 Å². The molecular weight excluding hydrogens is 653 g/mol. The Kier molecular flexibility index (Phi) is 6.42. The molecule has 0 amide bonds. The lowest BCUT2D eigenvalue weighted by atomic mass is 9.99. The van der Waals surface area contributed by atoms with E-state index in [0.717, 1.165) is 55.8 Å². The van der Waals surface area contributed by atoms with E-state index in [9.17, 15) is 0 Å². The lowest BCUT2D eigenvalue weighted by Gasteiger charge is -2.29. The molecule has 244 valence electrons. The second-order valence-corrected chi connectivity index (χ2v) is 14.3. The van der Waals surface area contributed by atoms with Gasteiger partial charge in [0.1, 0.15) is 5.58 Å². The minimum absolute atomic E-state index is 0.863. The molecule has 0 radical (unpaired) electrons. The lowest BCUT2D eigenvalue weighted by molar-refractivity contribution is 0.669. The molecule has 0 unspecified atom stereocenters. The Labute approximate surface area is 303 Å². The summed E-state index contributed by atoms with van der Waals surface area (Å²) in [6.07, 6.45) is 0. The first-order chi connectivity index (χ1) is 25.8. The molecule has 0 aliphatic heterocycles. The van der Waals surface area contributed by atoms with Gasteiger partial charge in [-0.1, -0.05) is 127 Å². The van der Waals surface area contributed by atoms with Crippen LogP contribution in [0.5, 0.6) is 0 Å². The highest BCUT2D eigenvalue weighted by Crippen LogP contribution is 2.50. The van der Waals surface area contributed by atoms with E-state index < -0.39 is 0 Å². The molecule has 0 bridgehead atoms. The molecule has 0 N–H and O–H groups in total. The number of aromatic nitrogens is 1. The predicted molar refractivity (Wildman–Crippen MR) is 221 cm³/mol. The van der Waals surface area contributed by atoms with Crippen LogP contribution in [0.15, 0.2) is 186 Å². The van der Waals surface area contributed by atoms with E-state index in [1.807, 2.05) is 17.4 Å². The van der Waals surface area contributed by atoms with Crippen LogP contribution in [0, 0.1) is 0 Å². The molecule has 0 atom stereocenters. The first-order valence-corrected chi connectivity index (χ1v) is 18.4. The summed E-state index contributed by atoms with van der Waals surface area (Å²) in [5.41, 5.74) is 10.7. The second-order valence-electron chi connectivity index (χ2n) is 13.2. The molecule has 11 rings (SSSR count). The second kappa shape index (κ2) is 11.5. The van der Waals surface area contributed by atoms with Crippen LogP contribution >= 0.6 is 11.3 Å². The van der Waals surface area contributed by atoms with Crippen LogP contribution < -0.4 is 4.90 Å². The summed E-state index contributed by atoms with van der Waals surface area (Å²) in [6.45, 7) is 0. The number of furan rings is 1. The first kappa shape index (κ1) is 29.1. The zero-order valence-corrected chi connectivity index (χ0v) is 28.8. The van der Waals surface area contributed by atoms with Crippen LogP contribution in [0.1, 0.15) is 0 Å². The summed E-state index contributed by atoms with van der Waals surface area (Å²) in [7, 11) is 0. The summed E-state index contributed by atoms with van der Waals surface area (Å²) >= 11 is 1.87. The van der Waals surface area contributed by atoms with Gasteiger partial charge in [0.2, 0.25) is 0 Å². The van der Waals surface area contributed by atoms with Crippen molar-refractivity contribution in [2.75, 3.05) is 4.90 Å². The highest BCUT2D eigenvalue weighted by molar-refractivity contribution is 7.26. The average molecular weight is 683 g/mol. The van der Waals surface area contributed by atoms with Gasteiger partial charge >= 0.3 is 0 Å². The van der Waals surface area contributed by atoms with Gasteiger partial charge in [-0.05, 0) is 54.6 Å². The monoisotopic (exact) mass is 682 g/mol. The minimum Gasteiger partial charge on any atom is -0.454 e. The van der Waals surface area contributed by atoms with Crippen LogP contribution in [0.25, 0.3) is 80.7 Å². The standard InChI is InChI=1S/C48H30N2OS/c1-2-15-31(16-3-1)49-40-25-9-5-20-38(40)46-41(49)26-14-27-42(46)50(43-28-13-21-35-33-18-6-10-29-44(33)51-47(35)43)39-24-8-4-17-32(39)36-22-12-23-37-34-19-7-11-30-45(34)52-48(36)37/h1-30H. The van der Waals surface area contributed by atoms with E-state index in [1.165, 1.54) is 42.0 Å². The molecular formula is C48H30N2OS. The van der Waals surface area contributed by atoms with Gasteiger partial charge in [0, 0.05) is 58.5 Å². The third-order valence-corrected chi connectivity index (χ3v) is 11.6. The summed E-state index contributed by atoms with van der Waals surface area (Å²) in [6, 6.07) is 65.3.